The van der Waals surface area contributed by atoms with Crippen molar-refractivity contribution in [3.63, 3.8) is 0 Å². The lowest BCUT2D eigenvalue weighted by molar-refractivity contribution is 0.387. The van der Waals surface area contributed by atoms with Gasteiger partial charge in [0.25, 0.3) is 0 Å². The fraction of sp³-hybridized carbons (Fsp3) is 0.308. The average molecular weight is 247 g/mol. The number of imidazole rings is 1. The van der Waals surface area contributed by atoms with Gasteiger partial charge in [-0.1, -0.05) is 0 Å². The van der Waals surface area contributed by atoms with Gasteiger partial charge in [-0.15, -0.1) is 0 Å². The van der Waals surface area contributed by atoms with Crippen LogP contribution in [0.25, 0.3) is 0 Å². The van der Waals surface area contributed by atoms with Crippen LogP contribution in [0.15, 0.2) is 30.6 Å². The smallest absolute Gasteiger partial charge is 0.127 e. The molecular weight excluding hydrogens is 230 g/mol. The summed E-state index contributed by atoms with van der Waals surface area (Å²) in [5, 5.41) is 3.22. The second kappa shape index (κ2) is 5.55. The summed E-state index contributed by atoms with van der Waals surface area (Å²) in [4.78, 5) is 7.38. The third-order valence-electron chi connectivity index (χ3n) is 2.83. The highest BCUT2D eigenvalue weighted by atomic mass is 16.5. The molecule has 18 heavy (non-hydrogen) atoms. The molecule has 1 aromatic carbocycles. The van der Waals surface area contributed by atoms with Crippen LogP contribution in [0.4, 0.5) is 0 Å². The topological polar surface area (TPSA) is 59.2 Å². The van der Waals surface area contributed by atoms with Crippen molar-refractivity contribution in [3.8, 4) is 11.5 Å². The molecule has 0 fully saturated rings. The minimum absolute atomic E-state index is 0.0409. The van der Waals surface area contributed by atoms with Crippen LogP contribution in [0.2, 0.25) is 0 Å². The number of hydrogen-bond donors (Lipinski definition) is 2. The predicted octanol–water partition coefficient (Wildman–Crippen LogP) is 1.74. The molecule has 0 aliphatic rings. The van der Waals surface area contributed by atoms with Gasteiger partial charge in [0.05, 0.1) is 20.3 Å². The monoisotopic (exact) mass is 247 g/mol. The lowest BCUT2D eigenvalue weighted by atomic mass is 10.0. The molecule has 1 heterocycles. The second-order valence-corrected chi connectivity index (χ2v) is 3.80. The summed E-state index contributed by atoms with van der Waals surface area (Å²) in [6, 6.07) is 5.70. The maximum Gasteiger partial charge on any atom is 0.127 e. The number of hydrogen-bond acceptors (Lipinski definition) is 4. The Morgan fingerprint density at radius 2 is 2.11 bits per heavy atom. The van der Waals surface area contributed by atoms with E-state index in [1.165, 1.54) is 0 Å². The molecule has 0 saturated carbocycles. The Balaban J connectivity index is 2.42. The molecule has 1 aromatic heterocycles. The van der Waals surface area contributed by atoms with Gasteiger partial charge < -0.3 is 19.8 Å². The molecule has 0 saturated heterocycles. The van der Waals surface area contributed by atoms with Crippen molar-refractivity contribution in [1.29, 1.82) is 0 Å². The van der Waals surface area contributed by atoms with Crippen LogP contribution in [-0.2, 0) is 0 Å². The number of H-pyrrole nitrogens is 1. The Morgan fingerprint density at radius 3 is 2.67 bits per heavy atom. The first kappa shape index (κ1) is 12.4. The third-order valence-corrected chi connectivity index (χ3v) is 2.83. The highest BCUT2D eigenvalue weighted by Crippen LogP contribution is 2.31. The van der Waals surface area contributed by atoms with Crippen LogP contribution < -0.4 is 14.8 Å². The Bertz CT molecular complexity index is 497. The zero-order valence-electron chi connectivity index (χ0n) is 10.7. The van der Waals surface area contributed by atoms with Crippen molar-refractivity contribution >= 4 is 0 Å². The van der Waals surface area contributed by atoms with Crippen molar-refractivity contribution in [2.75, 3.05) is 21.3 Å². The molecule has 96 valence electrons. The lowest BCUT2D eigenvalue weighted by Crippen LogP contribution is -2.19. The summed E-state index contributed by atoms with van der Waals surface area (Å²) in [5.74, 6) is 2.39. The maximum absolute atomic E-state index is 5.41. The number of aromatic nitrogens is 2. The van der Waals surface area contributed by atoms with Gasteiger partial charge >= 0.3 is 0 Å². The van der Waals surface area contributed by atoms with Gasteiger partial charge in [0.15, 0.2) is 0 Å². The van der Waals surface area contributed by atoms with Crippen molar-refractivity contribution in [3.05, 3.63) is 42.0 Å². The van der Waals surface area contributed by atoms with E-state index in [2.05, 4.69) is 15.3 Å². The number of rotatable bonds is 5. The maximum atomic E-state index is 5.41. The first-order chi connectivity index (χ1) is 8.80. The molecule has 0 aliphatic carbocycles. The highest BCUT2D eigenvalue weighted by Gasteiger charge is 2.18. The van der Waals surface area contributed by atoms with E-state index in [1.54, 1.807) is 26.6 Å². The predicted molar refractivity (Wildman–Crippen MR) is 69.0 cm³/mol. The number of benzene rings is 1. The number of ether oxygens (including phenoxy) is 2. The van der Waals surface area contributed by atoms with Crippen LogP contribution in [0, 0.1) is 0 Å². The fourth-order valence-electron chi connectivity index (χ4n) is 1.93. The second-order valence-electron chi connectivity index (χ2n) is 3.80. The standard InChI is InChI=1S/C13H17N3O2/c1-14-12(13-15-6-7-16-13)10-5-4-9(17-2)8-11(10)18-3/h4-8,12,14H,1-3H3,(H,15,16). The summed E-state index contributed by atoms with van der Waals surface area (Å²) < 4.78 is 10.6. The van der Waals surface area contributed by atoms with E-state index in [1.807, 2.05) is 25.2 Å². The lowest BCUT2D eigenvalue weighted by Gasteiger charge is -2.18. The largest absolute Gasteiger partial charge is 0.497 e. The average Bonchev–Trinajstić information content (AvgIpc) is 2.94. The quantitative estimate of drug-likeness (QED) is 0.845. The Morgan fingerprint density at radius 1 is 1.28 bits per heavy atom. The van der Waals surface area contributed by atoms with E-state index in [-0.39, 0.29) is 6.04 Å². The van der Waals surface area contributed by atoms with E-state index in [0.29, 0.717) is 0 Å². The number of nitrogens with zero attached hydrogens (tertiary/aromatic N) is 1. The third kappa shape index (κ3) is 2.31. The first-order valence-electron chi connectivity index (χ1n) is 5.68. The molecule has 2 rings (SSSR count). The first-order valence-corrected chi connectivity index (χ1v) is 5.68. The summed E-state index contributed by atoms with van der Waals surface area (Å²) in [7, 11) is 5.17. The van der Waals surface area contributed by atoms with Gasteiger partial charge in [-0.05, 0) is 19.2 Å². The van der Waals surface area contributed by atoms with Crippen LogP contribution in [0.5, 0.6) is 11.5 Å². The number of methoxy groups -OCH3 is 2. The van der Waals surface area contributed by atoms with Crippen molar-refractivity contribution in [1.82, 2.24) is 15.3 Å². The number of aromatic amines is 1. The molecule has 5 nitrogen and oxygen atoms in total. The summed E-state index contributed by atoms with van der Waals surface area (Å²) in [5.41, 5.74) is 1.01. The zero-order valence-corrected chi connectivity index (χ0v) is 10.7. The van der Waals surface area contributed by atoms with Crippen LogP contribution in [0.1, 0.15) is 17.4 Å². The molecule has 0 radical (unpaired) electrons. The van der Waals surface area contributed by atoms with Crippen LogP contribution in [-0.4, -0.2) is 31.2 Å². The van der Waals surface area contributed by atoms with Crippen molar-refractivity contribution in [2.24, 2.45) is 0 Å². The van der Waals surface area contributed by atoms with E-state index in [0.717, 1.165) is 22.9 Å². The molecular formula is C13H17N3O2. The summed E-state index contributed by atoms with van der Waals surface area (Å²) >= 11 is 0. The van der Waals surface area contributed by atoms with E-state index < -0.39 is 0 Å². The van der Waals surface area contributed by atoms with Gasteiger partial charge in [0.2, 0.25) is 0 Å². The fourth-order valence-corrected chi connectivity index (χ4v) is 1.93. The minimum Gasteiger partial charge on any atom is -0.497 e. The van der Waals surface area contributed by atoms with E-state index in [4.69, 9.17) is 9.47 Å². The van der Waals surface area contributed by atoms with Gasteiger partial charge in [-0.3, -0.25) is 0 Å². The highest BCUT2D eigenvalue weighted by molar-refractivity contribution is 5.44. The van der Waals surface area contributed by atoms with Crippen molar-refractivity contribution < 1.29 is 9.47 Å². The Kier molecular flexibility index (Phi) is 3.84. The van der Waals surface area contributed by atoms with Gasteiger partial charge in [-0.25, -0.2) is 4.98 Å². The van der Waals surface area contributed by atoms with Gasteiger partial charge in [0.1, 0.15) is 17.3 Å². The molecule has 1 atom stereocenters. The van der Waals surface area contributed by atoms with Crippen LogP contribution >= 0.6 is 0 Å². The summed E-state index contributed by atoms with van der Waals surface area (Å²) in [6.07, 6.45) is 3.53. The van der Waals surface area contributed by atoms with Gasteiger partial charge in [-0.2, -0.15) is 0 Å². The summed E-state index contributed by atoms with van der Waals surface area (Å²) in [6.45, 7) is 0. The Hall–Kier alpha value is -2.01. The molecule has 0 bridgehead atoms. The molecule has 2 aromatic rings. The molecule has 0 aliphatic heterocycles. The zero-order chi connectivity index (χ0) is 13.0. The molecule has 0 spiro atoms. The van der Waals surface area contributed by atoms with Crippen molar-refractivity contribution in [2.45, 2.75) is 6.04 Å². The molecule has 0 amide bonds. The van der Waals surface area contributed by atoms with Gasteiger partial charge in [0, 0.05) is 24.0 Å². The normalized spacial score (nSPS) is 12.2. The number of nitrogens with one attached hydrogen (secondary N) is 2. The van der Waals surface area contributed by atoms with E-state index >= 15 is 0 Å². The van der Waals surface area contributed by atoms with Crippen LogP contribution in [0.3, 0.4) is 0 Å². The van der Waals surface area contributed by atoms with E-state index in [9.17, 15) is 0 Å². The minimum atomic E-state index is -0.0409. The molecule has 2 N–H and O–H groups in total. The molecule has 5 heteroatoms. The Labute approximate surface area is 106 Å². The molecule has 1 unspecified atom stereocenters. The SMILES string of the molecule is CNC(c1ncc[nH]1)c1ccc(OC)cc1OC.